The van der Waals surface area contributed by atoms with Gasteiger partial charge >= 0.3 is 0 Å². The van der Waals surface area contributed by atoms with E-state index in [0.717, 1.165) is 39.0 Å². The maximum Gasteiger partial charge on any atom is 0.240 e. The molecule has 0 aromatic heterocycles. The Morgan fingerprint density at radius 1 is 1.10 bits per heavy atom. The van der Waals surface area contributed by atoms with Crippen LogP contribution in [0.2, 0.25) is 0 Å². The minimum atomic E-state index is -3.67. The summed E-state index contributed by atoms with van der Waals surface area (Å²) < 4.78 is 28.8. The van der Waals surface area contributed by atoms with Crippen LogP contribution in [-0.2, 0) is 22.9 Å². The first-order valence-corrected chi connectivity index (χ1v) is 11.9. The molecule has 30 heavy (non-hydrogen) atoms. The van der Waals surface area contributed by atoms with Crippen LogP contribution in [0.25, 0.3) is 0 Å². The number of piperazine rings is 1. The van der Waals surface area contributed by atoms with Gasteiger partial charge in [0.25, 0.3) is 0 Å². The molecule has 0 bridgehead atoms. The van der Waals surface area contributed by atoms with Gasteiger partial charge in [-0.05, 0) is 74.2 Å². The molecule has 0 saturated carbocycles. The number of aryl methyl sites for hydroxylation is 1. The number of likely N-dealkylation sites (N-methyl/N-ethyl adjacent to an activating group) is 1. The zero-order chi connectivity index (χ0) is 21.3. The highest BCUT2D eigenvalue weighted by atomic mass is 32.2. The van der Waals surface area contributed by atoms with E-state index >= 15 is 0 Å². The topological polar surface area (TPSA) is 76.4 Å². The fourth-order valence-electron chi connectivity index (χ4n) is 4.51. The van der Waals surface area contributed by atoms with Crippen molar-refractivity contribution in [1.82, 2.24) is 9.62 Å². The summed E-state index contributed by atoms with van der Waals surface area (Å²) in [5.74, 6) is 0. The number of nitrogens with zero attached hydrogens (tertiary/aromatic N) is 3. The van der Waals surface area contributed by atoms with Crippen molar-refractivity contribution in [1.29, 1.82) is 5.26 Å². The van der Waals surface area contributed by atoms with Gasteiger partial charge in [-0.15, -0.1) is 0 Å². The Morgan fingerprint density at radius 3 is 2.60 bits per heavy atom. The van der Waals surface area contributed by atoms with E-state index < -0.39 is 10.0 Å². The van der Waals surface area contributed by atoms with Crippen molar-refractivity contribution in [2.45, 2.75) is 37.1 Å². The largest absolute Gasteiger partial charge is 0.369 e. The lowest BCUT2D eigenvalue weighted by atomic mass is 9.84. The van der Waals surface area contributed by atoms with Gasteiger partial charge < -0.3 is 9.80 Å². The smallest absolute Gasteiger partial charge is 0.240 e. The van der Waals surface area contributed by atoms with Crippen LogP contribution >= 0.6 is 0 Å². The third-order valence-electron chi connectivity index (χ3n) is 6.27. The molecule has 2 aliphatic rings. The first-order valence-electron chi connectivity index (χ1n) is 10.4. The lowest BCUT2D eigenvalue weighted by Crippen LogP contribution is -2.45. The van der Waals surface area contributed by atoms with Gasteiger partial charge in [-0.25, -0.2) is 13.1 Å². The van der Waals surface area contributed by atoms with Crippen molar-refractivity contribution >= 4 is 15.7 Å². The molecule has 1 N–H and O–H groups in total. The number of hydrogen-bond donors (Lipinski definition) is 1. The number of nitriles is 1. The predicted octanol–water partition coefficient (Wildman–Crippen LogP) is 2.45. The first kappa shape index (κ1) is 20.9. The van der Waals surface area contributed by atoms with Crippen molar-refractivity contribution in [2.75, 3.05) is 38.1 Å². The molecule has 1 saturated heterocycles. The van der Waals surface area contributed by atoms with Gasteiger partial charge in [0, 0.05) is 37.9 Å². The van der Waals surface area contributed by atoms with E-state index in [0.29, 0.717) is 12.0 Å². The minimum absolute atomic E-state index is 0.149. The van der Waals surface area contributed by atoms with E-state index in [4.69, 9.17) is 5.26 Å². The average Bonchev–Trinajstić information content (AvgIpc) is 2.74. The van der Waals surface area contributed by atoms with Crippen LogP contribution in [0.1, 0.15) is 28.7 Å². The van der Waals surface area contributed by atoms with Gasteiger partial charge in [0.1, 0.15) is 0 Å². The Hall–Kier alpha value is -2.40. The highest BCUT2D eigenvalue weighted by molar-refractivity contribution is 7.89. The second-order valence-corrected chi connectivity index (χ2v) is 10.1. The molecule has 0 unspecified atom stereocenters. The highest BCUT2D eigenvalue weighted by Crippen LogP contribution is 2.34. The van der Waals surface area contributed by atoms with E-state index in [9.17, 15) is 8.42 Å². The fraction of sp³-hybridized carbons (Fsp3) is 0.435. The standard InChI is InChI=1S/C23H28N4O2S/c1-17-6-9-23(27-12-10-26(2)11-13-27)22-15-19(7-8-21(17)22)25-30(28,29)20-5-3-4-18(14-20)16-24/h3-6,9,14,19,25H,7-8,10-13,15H2,1-2H3/t19-/m1/s1. The summed E-state index contributed by atoms with van der Waals surface area (Å²) >= 11 is 0. The Morgan fingerprint density at radius 2 is 1.87 bits per heavy atom. The summed E-state index contributed by atoms with van der Waals surface area (Å²) in [7, 11) is -1.52. The molecule has 1 aliphatic heterocycles. The summed E-state index contributed by atoms with van der Waals surface area (Å²) in [4.78, 5) is 4.92. The lowest BCUT2D eigenvalue weighted by molar-refractivity contribution is 0.312. The summed E-state index contributed by atoms with van der Waals surface area (Å²) in [5.41, 5.74) is 5.53. The molecule has 1 aliphatic carbocycles. The SMILES string of the molecule is Cc1ccc(N2CCN(C)CC2)c2c1CC[C@@H](NS(=O)(=O)c1cccc(C#N)c1)C2. The van der Waals surface area contributed by atoms with Gasteiger partial charge in [0.2, 0.25) is 10.0 Å². The minimum Gasteiger partial charge on any atom is -0.369 e. The Balaban J connectivity index is 1.58. The average molecular weight is 425 g/mol. The zero-order valence-electron chi connectivity index (χ0n) is 17.6. The summed E-state index contributed by atoms with van der Waals surface area (Å²) in [6.45, 7) is 6.19. The number of benzene rings is 2. The van der Waals surface area contributed by atoms with E-state index in [1.165, 1.54) is 28.4 Å². The molecule has 0 amide bonds. The number of sulfonamides is 1. The van der Waals surface area contributed by atoms with Crippen molar-refractivity contribution in [3.8, 4) is 6.07 Å². The number of rotatable bonds is 4. The second-order valence-electron chi connectivity index (χ2n) is 8.35. The number of nitrogens with one attached hydrogen (secondary N) is 1. The van der Waals surface area contributed by atoms with Gasteiger partial charge in [0.15, 0.2) is 0 Å². The van der Waals surface area contributed by atoms with Gasteiger partial charge in [0.05, 0.1) is 16.5 Å². The van der Waals surface area contributed by atoms with E-state index in [1.807, 2.05) is 6.07 Å². The molecular formula is C23H28N4O2S. The normalized spacial score (nSPS) is 19.9. The van der Waals surface area contributed by atoms with Crippen LogP contribution in [-0.4, -0.2) is 52.6 Å². The predicted molar refractivity (Wildman–Crippen MR) is 118 cm³/mol. The Kier molecular flexibility index (Phi) is 5.83. The highest BCUT2D eigenvalue weighted by Gasteiger charge is 2.28. The second kappa shape index (κ2) is 8.38. The lowest BCUT2D eigenvalue weighted by Gasteiger charge is -2.37. The molecule has 158 valence electrons. The molecule has 1 fully saturated rings. The maximum atomic E-state index is 12.9. The van der Waals surface area contributed by atoms with Crippen LogP contribution < -0.4 is 9.62 Å². The van der Waals surface area contributed by atoms with Crippen LogP contribution in [0, 0.1) is 18.3 Å². The molecule has 6 nitrogen and oxygen atoms in total. The summed E-state index contributed by atoms with van der Waals surface area (Å²) in [5, 5.41) is 9.08. The Labute approximate surface area is 179 Å². The van der Waals surface area contributed by atoms with Crippen molar-refractivity contribution in [3.05, 3.63) is 58.7 Å². The third kappa shape index (κ3) is 4.22. The fourth-order valence-corrected chi connectivity index (χ4v) is 5.82. The molecular weight excluding hydrogens is 396 g/mol. The van der Waals surface area contributed by atoms with Gasteiger partial charge in [-0.2, -0.15) is 5.26 Å². The molecule has 0 spiro atoms. The quantitative estimate of drug-likeness (QED) is 0.816. The van der Waals surface area contributed by atoms with E-state index in [2.05, 4.69) is 40.6 Å². The number of fused-ring (bicyclic) bond motifs is 1. The zero-order valence-corrected chi connectivity index (χ0v) is 18.4. The van der Waals surface area contributed by atoms with E-state index in [-0.39, 0.29) is 10.9 Å². The summed E-state index contributed by atoms with van der Waals surface area (Å²) in [6, 6.07) is 12.4. The summed E-state index contributed by atoms with van der Waals surface area (Å²) in [6.07, 6.45) is 2.33. The molecule has 2 aromatic rings. The third-order valence-corrected chi connectivity index (χ3v) is 7.79. The van der Waals surface area contributed by atoms with Crippen molar-refractivity contribution in [3.63, 3.8) is 0 Å². The van der Waals surface area contributed by atoms with Gasteiger partial charge in [-0.3, -0.25) is 0 Å². The number of hydrogen-bond acceptors (Lipinski definition) is 5. The Bertz CT molecular complexity index is 1080. The first-order chi connectivity index (χ1) is 14.4. The molecule has 1 atom stereocenters. The molecule has 7 heteroatoms. The van der Waals surface area contributed by atoms with Crippen LogP contribution in [0.4, 0.5) is 5.69 Å². The van der Waals surface area contributed by atoms with Gasteiger partial charge in [-0.1, -0.05) is 12.1 Å². The molecule has 0 radical (unpaired) electrons. The number of anilines is 1. The van der Waals surface area contributed by atoms with Crippen molar-refractivity contribution in [2.24, 2.45) is 0 Å². The molecule has 2 aromatic carbocycles. The monoisotopic (exact) mass is 424 g/mol. The van der Waals surface area contributed by atoms with Crippen LogP contribution in [0.15, 0.2) is 41.3 Å². The van der Waals surface area contributed by atoms with Crippen LogP contribution in [0.5, 0.6) is 0 Å². The molecule has 4 rings (SSSR count). The van der Waals surface area contributed by atoms with Crippen molar-refractivity contribution < 1.29 is 8.42 Å². The molecule has 1 heterocycles. The van der Waals surface area contributed by atoms with Crippen LogP contribution in [0.3, 0.4) is 0 Å². The van der Waals surface area contributed by atoms with E-state index in [1.54, 1.807) is 18.2 Å². The maximum absolute atomic E-state index is 12.9.